The van der Waals surface area contributed by atoms with Gasteiger partial charge in [-0.05, 0) is 37.0 Å². The lowest BCUT2D eigenvalue weighted by atomic mass is 10.0. The minimum atomic E-state index is -0.238. The van der Waals surface area contributed by atoms with Crippen LogP contribution in [0, 0.1) is 5.92 Å². The van der Waals surface area contributed by atoms with E-state index in [2.05, 4.69) is 13.8 Å². The number of esters is 1. The molecule has 0 heterocycles. The summed E-state index contributed by atoms with van der Waals surface area (Å²) in [6, 6.07) is 7.66. The molecule has 0 fully saturated rings. The van der Waals surface area contributed by atoms with Gasteiger partial charge in [0.1, 0.15) is 5.75 Å². The molecule has 0 bridgehead atoms. The van der Waals surface area contributed by atoms with Gasteiger partial charge >= 0.3 is 5.97 Å². The van der Waals surface area contributed by atoms with Crippen LogP contribution in [-0.4, -0.2) is 19.7 Å². The zero-order valence-electron chi connectivity index (χ0n) is 12.3. The minimum absolute atomic E-state index is 0.217. The second kappa shape index (κ2) is 7.82. The van der Waals surface area contributed by atoms with Crippen molar-refractivity contribution in [1.82, 2.24) is 0 Å². The summed E-state index contributed by atoms with van der Waals surface area (Å²) >= 11 is 0. The third kappa shape index (κ3) is 4.93. The van der Waals surface area contributed by atoms with Crippen molar-refractivity contribution in [1.29, 1.82) is 0 Å². The maximum atomic E-state index is 11.4. The van der Waals surface area contributed by atoms with Crippen LogP contribution in [0.25, 0.3) is 0 Å². The van der Waals surface area contributed by atoms with Crippen LogP contribution in [0.3, 0.4) is 0 Å². The highest BCUT2D eigenvalue weighted by molar-refractivity contribution is 5.77. The first-order valence-electron chi connectivity index (χ1n) is 6.89. The van der Waals surface area contributed by atoms with Crippen molar-refractivity contribution in [2.75, 3.05) is 13.7 Å². The van der Waals surface area contributed by atoms with Crippen molar-refractivity contribution in [3.05, 3.63) is 29.8 Å². The molecular formula is C16H24O3. The van der Waals surface area contributed by atoms with Gasteiger partial charge in [0.2, 0.25) is 0 Å². The van der Waals surface area contributed by atoms with Crippen LogP contribution in [0.4, 0.5) is 0 Å². The molecular weight excluding hydrogens is 240 g/mol. The van der Waals surface area contributed by atoms with Crippen molar-refractivity contribution in [2.24, 2.45) is 5.92 Å². The number of carbonyl (C=O) groups is 1. The number of hydrogen-bond acceptors (Lipinski definition) is 3. The van der Waals surface area contributed by atoms with Gasteiger partial charge in [0.05, 0.1) is 19.6 Å². The van der Waals surface area contributed by atoms with Gasteiger partial charge in [0.25, 0.3) is 0 Å². The molecule has 0 aliphatic rings. The number of carbonyl (C=O) groups excluding carboxylic acids is 1. The Morgan fingerprint density at radius 3 is 2.37 bits per heavy atom. The van der Waals surface area contributed by atoms with Gasteiger partial charge in [-0.3, -0.25) is 4.79 Å². The molecule has 0 saturated heterocycles. The van der Waals surface area contributed by atoms with Crippen LogP contribution in [0.1, 0.15) is 45.1 Å². The number of ether oxygens (including phenoxy) is 2. The highest BCUT2D eigenvalue weighted by Gasteiger charge is 2.15. The summed E-state index contributed by atoms with van der Waals surface area (Å²) < 4.78 is 10.5. The fourth-order valence-electron chi connectivity index (χ4n) is 1.98. The largest absolute Gasteiger partial charge is 0.493 e. The lowest BCUT2D eigenvalue weighted by molar-refractivity contribution is -0.141. The Bertz CT molecular complexity index is 383. The summed E-state index contributed by atoms with van der Waals surface area (Å²) in [6.45, 7) is 6.95. The molecule has 2 atom stereocenters. The number of benzene rings is 1. The zero-order chi connectivity index (χ0) is 14.3. The van der Waals surface area contributed by atoms with E-state index in [1.165, 1.54) is 20.0 Å². The van der Waals surface area contributed by atoms with E-state index in [1.807, 2.05) is 31.2 Å². The van der Waals surface area contributed by atoms with Gasteiger partial charge in [-0.15, -0.1) is 0 Å². The van der Waals surface area contributed by atoms with Crippen molar-refractivity contribution >= 4 is 5.97 Å². The number of rotatable bonds is 7. The summed E-state index contributed by atoms with van der Waals surface area (Å²) in [5.41, 5.74) is 0.945. The first-order chi connectivity index (χ1) is 9.08. The lowest BCUT2D eigenvalue weighted by Gasteiger charge is -2.13. The van der Waals surface area contributed by atoms with E-state index >= 15 is 0 Å². The normalized spacial score (nSPS) is 13.7. The van der Waals surface area contributed by atoms with Crippen LogP contribution < -0.4 is 4.74 Å². The Kier molecular flexibility index (Phi) is 6.40. The molecule has 0 amide bonds. The Balaban J connectivity index is 2.54. The Morgan fingerprint density at radius 1 is 1.21 bits per heavy atom. The van der Waals surface area contributed by atoms with Gasteiger partial charge in [-0.2, -0.15) is 0 Å². The molecule has 19 heavy (non-hydrogen) atoms. The number of hydrogen-bond donors (Lipinski definition) is 0. The van der Waals surface area contributed by atoms with Crippen molar-refractivity contribution in [2.45, 2.75) is 39.5 Å². The molecule has 0 N–H and O–H groups in total. The van der Waals surface area contributed by atoms with E-state index in [1.54, 1.807) is 0 Å². The van der Waals surface area contributed by atoms with Crippen LogP contribution >= 0.6 is 0 Å². The fraction of sp³-hybridized carbons (Fsp3) is 0.562. The molecule has 106 valence electrons. The van der Waals surface area contributed by atoms with Crippen LogP contribution in [0.15, 0.2) is 24.3 Å². The first-order valence-corrected chi connectivity index (χ1v) is 6.89. The highest BCUT2D eigenvalue weighted by Crippen LogP contribution is 2.21. The smallest absolute Gasteiger partial charge is 0.312 e. The second-order valence-electron chi connectivity index (χ2n) is 5.02. The van der Waals surface area contributed by atoms with E-state index < -0.39 is 0 Å². The predicted octanol–water partition coefficient (Wildman–Crippen LogP) is 3.78. The summed E-state index contributed by atoms with van der Waals surface area (Å²) in [5, 5.41) is 0. The molecule has 0 saturated carbocycles. The molecule has 2 unspecified atom stereocenters. The molecule has 0 aliphatic carbocycles. The molecule has 0 spiro atoms. The van der Waals surface area contributed by atoms with Gasteiger partial charge in [0, 0.05) is 0 Å². The molecule has 0 aromatic heterocycles. The van der Waals surface area contributed by atoms with Crippen molar-refractivity contribution < 1.29 is 14.3 Å². The van der Waals surface area contributed by atoms with Crippen molar-refractivity contribution in [3.63, 3.8) is 0 Å². The topological polar surface area (TPSA) is 35.5 Å². The van der Waals surface area contributed by atoms with Crippen LogP contribution in [0.5, 0.6) is 5.75 Å². The molecule has 0 aliphatic heterocycles. The van der Waals surface area contributed by atoms with Crippen LogP contribution in [0.2, 0.25) is 0 Å². The summed E-state index contributed by atoms with van der Waals surface area (Å²) in [5.74, 6) is 0.964. The molecule has 1 rings (SSSR count). The lowest BCUT2D eigenvalue weighted by Crippen LogP contribution is -2.11. The average Bonchev–Trinajstić information content (AvgIpc) is 2.44. The molecule has 3 heteroatoms. The predicted molar refractivity (Wildman–Crippen MR) is 76.4 cm³/mol. The van der Waals surface area contributed by atoms with E-state index in [-0.39, 0.29) is 11.9 Å². The fourth-order valence-corrected chi connectivity index (χ4v) is 1.98. The van der Waals surface area contributed by atoms with Gasteiger partial charge in [-0.1, -0.05) is 32.4 Å². The van der Waals surface area contributed by atoms with Crippen molar-refractivity contribution in [3.8, 4) is 5.75 Å². The Hall–Kier alpha value is -1.51. The quantitative estimate of drug-likeness (QED) is 0.703. The highest BCUT2D eigenvalue weighted by atomic mass is 16.5. The number of methoxy groups -OCH3 is 1. The van der Waals surface area contributed by atoms with E-state index in [0.29, 0.717) is 5.92 Å². The SMILES string of the molecule is CCCC(C)COc1ccc(C(C)C(=O)OC)cc1. The monoisotopic (exact) mass is 264 g/mol. The van der Waals surface area contributed by atoms with E-state index in [9.17, 15) is 4.79 Å². The maximum absolute atomic E-state index is 11.4. The molecule has 1 aromatic carbocycles. The summed E-state index contributed by atoms with van der Waals surface area (Å²) in [6.07, 6.45) is 2.36. The molecule has 3 nitrogen and oxygen atoms in total. The van der Waals surface area contributed by atoms with Gasteiger partial charge < -0.3 is 9.47 Å². The molecule has 0 radical (unpaired) electrons. The summed E-state index contributed by atoms with van der Waals surface area (Å²) in [7, 11) is 1.41. The van der Waals surface area contributed by atoms with Gasteiger partial charge in [0.15, 0.2) is 0 Å². The van der Waals surface area contributed by atoms with E-state index in [0.717, 1.165) is 17.9 Å². The zero-order valence-corrected chi connectivity index (χ0v) is 12.3. The minimum Gasteiger partial charge on any atom is -0.493 e. The first kappa shape index (κ1) is 15.5. The Labute approximate surface area is 115 Å². The summed E-state index contributed by atoms with van der Waals surface area (Å²) in [4.78, 5) is 11.4. The molecule has 1 aromatic rings. The maximum Gasteiger partial charge on any atom is 0.312 e. The third-order valence-corrected chi connectivity index (χ3v) is 3.25. The van der Waals surface area contributed by atoms with Crippen LogP contribution in [-0.2, 0) is 9.53 Å². The van der Waals surface area contributed by atoms with Gasteiger partial charge in [-0.25, -0.2) is 0 Å². The average molecular weight is 264 g/mol. The second-order valence-corrected chi connectivity index (χ2v) is 5.02. The van der Waals surface area contributed by atoms with E-state index in [4.69, 9.17) is 9.47 Å². The standard InChI is InChI=1S/C16H24O3/c1-5-6-12(2)11-19-15-9-7-14(8-10-15)13(3)16(17)18-4/h7-10,12-13H,5-6,11H2,1-4H3. The third-order valence-electron chi connectivity index (χ3n) is 3.25. The Morgan fingerprint density at radius 2 is 1.84 bits per heavy atom.